The molecule has 3 nitrogen and oxygen atoms in total. The van der Waals surface area contributed by atoms with Crippen molar-refractivity contribution in [1.29, 1.82) is 0 Å². The minimum absolute atomic E-state index is 0.112. The van der Waals surface area contributed by atoms with Crippen molar-refractivity contribution in [2.24, 2.45) is 11.7 Å². The van der Waals surface area contributed by atoms with Gasteiger partial charge >= 0.3 is 0 Å². The van der Waals surface area contributed by atoms with Gasteiger partial charge in [0, 0.05) is 22.6 Å². The molecule has 18 heavy (non-hydrogen) atoms. The molecule has 0 spiro atoms. The molecule has 0 aromatic heterocycles. The average molecular weight is 304 g/mol. The van der Waals surface area contributed by atoms with Gasteiger partial charge in [0.05, 0.1) is 10.2 Å². The van der Waals surface area contributed by atoms with E-state index in [0.29, 0.717) is 5.02 Å². The number of halogens is 1. The van der Waals surface area contributed by atoms with Gasteiger partial charge in [0.2, 0.25) is 0 Å². The number of hydrogen-bond acceptors (Lipinski definition) is 3. The van der Waals surface area contributed by atoms with E-state index in [-0.39, 0.29) is 22.6 Å². The molecule has 98 valence electrons. The van der Waals surface area contributed by atoms with Crippen molar-refractivity contribution in [3.05, 3.63) is 34.9 Å². The fraction of sp³-hybridized carbons (Fsp3) is 0.417. The molecule has 1 aromatic rings. The van der Waals surface area contributed by atoms with Crippen molar-refractivity contribution in [2.45, 2.75) is 18.1 Å². The summed E-state index contributed by atoms with van der Waals surface area (Å²) in [6.07, 6.45) is 0. The summed E-state index contributed by atoms with van der Waals surface area (Å²) in [7, 11) is -3.13. The molecular formula is C12H14ClNO2S2. The Morgan fingerprint density at radius 2 is 1.94 bits per heavy atom. The molecule has 6 heteroatoms. The van der Waals surface area contributed by atoms with E-state index >= 15 is 0 Å². The van der Waals surface area contributed by atoms with Crippen molar-refractivity contribution in [1.82, 2.24) is 0 Å². The zero-order chi connectivity index (χ0) is 13.5. The maximum atomic E-state index is 12.0. The Balaban J connectivity index is 2.33. The molecule has 0 unspecified atom stereocenters. The molecule has 1 fully saturated rings. The minimum atomic E-state index is -3.13. The summed E-state index contributed by atoms with van der Waals surface area (Å²) in [4.78, 5) is 0.275. The lowest BCUT2D eigenvalue weighted by Gasteiger charge is -2.00. The Labute approximate surface area is 117 Å². The van der Waals surface area contributed by atoms with Gasteiger partial charge in [-0.15, -0.1) is 0 Å². The lowest BCUT2D eigenvalue weighted by atomic mass is 10.1. The molecule has 2 N–H and O–H groups in total. The summed E-state index contributed by atoms with van der Waals surface area (Å²) in [6.45, 7) is 1.64. The number of rotatable bonds is 4. The first-order valence-electron chi connectivity index (χ1n) is 5.65. The second-order valence-electron chi connectivity index (χ2n) is 4.42. The SMILES string of the molecule is CCS(=O)(=O)[C@@H]1[C@H](C(N)=S)[C@H]1c1ccc(Cl)cc1. The summed E-state index contributed by atoms with van der Waals surface area (Å²) in [6, 6.07) is 7.18. The van der Waals surface area contributed by atoms with E-state index in [1.807, 2.05) is 12.1 Å². The molecular weight excluding hydrogens is 290 g/mol. The van der Waals surface area contributed by atoms with E-state index in [2.05, 4.69) is 0 Å². The van der Waals surface area contributed by atoms with Crippen molar-refractivity contribution >= 4 is 38.6 Å². The summed E-state index contributed by atoms with van der Waals surface area (Å²) in [5, 5.41) is 0.155. The molecule has 0 aliphatic heterocycles. The Morgan fingerprint density at radius 3 is 2.39 bits per heavy atom. The van der Waals surface area contributed by atoms with Gasteiger partial charge in [-0.05, 0) is 17.7 Å². The van der Waals surface area contributed by atoms with Gasteiger partial charge in [0.15, 0.2) is 9.84 Å². The molecule has 0 heterocycles. The van der Waals surface area contributed by atoms with Crippen molar-refractivity contribution in [3.8, 4) is 0 Å². The highest BCUT2D eigenvalue weighted by atomic mass is 35.5. The Hall–Kier alpha value is -0.650. The van der Waals surface area contributed by atoms with Crippen molar-refractivity contribution in [3.63, 3.8) is 0 Å². The third-order valence-corrected chi connectivity index (χ3v) is 6.10. The fourth-order valence-electron chi connectivity index (χ4n) is 2.34. The Bertz CT molecular complexity index is 568. The van der Waals surface area contributed by atoms with Crippen LogP contribution < -0.4 is 5.73 Å². The molecule has 0 radical (unpaired) electrons. The third kappa shape index (κ3) is 2.39. The van der Waals surface area contributed by atoms with Gasteiger partial charge in [-0.3, -0.25) is 0 Å². The second kappa shape index (κ2) is 4.79. The minimum Gasteiger partial charge on any atom is -0.393 e. The van der Waals surface area contributed by atoms with E-state index in [1.54, 1.807) is 19.1 Å². The molecule has 0 amide bonds. The predicted octanol–water partition coefficient (Wildman–Crippen LogP) is 2.14. The molecule has 1 saturated carbocycles. The van der Waals surface area contributed by atoms with Crippen LogP contribution in [-0.4, -0.2) is 24.4 Å². The first-order chi connectivity index (χ1) is 8.38. The van der Waals surface area contributed by atoms with Crippen LogP contribution in [-0.2, 0) is 9.84 Å². The molecule has 1 aromatic carbocycles. The standard InChI is InChI=1S/C12H14ClNO2S2/c1-2-18(15,16)11-9(10(11)12(14)17)7-3-5-8(13)6-4-7/h3-6,9-11H,2H2,1H3,(H2,14,17)/t9-,10-,11+/m1/s1. The van der Waals surface area contributed by atoms with Gasteiger partial charge in [0.25, 0.3) is 0 Å². The maximum absolute atomic E-state index is 12.0. The summed E-state index contributed by atoms with van der Waals surface area (Å²) >= 11 is 10.8. The first-order valence-corrected chi connectivity index (χ1v) is 8.15. The lowest BCUT2D eigenvalue weighted by Crippen LogP contribution is -2.18. The van der Waals surface area contributed by atoms with Crippen LogP contribution in [0.3, 0.4) is 0 Å². The predicted molar refractivity (Wildman–Crippen MR) is 77.7 cm³/mol. The van der Waals surface area contributed by atoms with Gasteiger partial charge < -0.3 is 5.73 Å². The van der Waals surface area contributed by atoms with Gasteiger partial charge in [-0.1, -0.05) is 42.9 Å². The van der Waals surface area contributed by atoms with Crippen LogP contribution in [0.2, 0.25) is 5.02 Å². The number of thiocarbonyl (C=S) groups is 1. The molecule has 3 atom stereocenters. The van der Waals surface area contributed by atoms with E-state index in [4.69, 9.17) is 29.6 Å². The van der Waals surface area contributed by atoms with Crippen molar-refractivity contribution in [2.75, 3.05) is 5.75 Å². The molecule has 0 bridgehead atoms. The largest absolute Gasteiger partial charge is 0.393 e. The molecule has 1 aliphatic rings. The monoisotopic (exact) mass is 303 g/mol. The second-order valence-corrected chi connectivity index (χ2v) is 7.78. The highest BCUT2D eigenvalue weighted by Gasteiger charge is 2.59. The van der Waals surface area contributed by atoms with Crippen LogP contribution in [0, 0.1) is 5.92 Å². The van der Waals surface area contributed by atoms with Crippen LogP contribution in [0.4, 0.5) is 0 Å². The molecule has 0 saturated heterocycles. The third-order valence-electron chi connectivity index (χ3n) is 3.35. The maximum Gasteiger partial charge on any atom is 0.154 e. The number of hydrogen-bond donors (Lipinski definition) is 1. The lowest BCUT2D eigenvalue weighted by molar-refractivity contribution is 0.594. The number of benzene rings is 1. The first kappa shape index (κ1) is 13.8. The zero-order valence-corrected chi connectivity index (χ0v) is 12.2. The smallest absolute Gasteiger partial charge is 0.154 e. The van der Waals surface area contributed by atoms with Crippen LogP contribution in [0.15, 0.2) is 24.3 Å². The summed E-state index contributed by atoms with van der Waals surface area (Å²) in [5.41, 5.74) is 6.57. The number of sulfone groups is 1. The molecule has 2 rings (SSSR count). The zero-order valence-electron chi connectivity index (χ0n) is 9.84. The van der Waals surface area contributed by atoms with Crippen LogP contribution in [0.5, 0.6) is 0 Å². The highest BCUT2D eigenvalue weighted by Crippen LogP contribution is 2.52. The van der Waals surface area contributed by atoms with Crippen molar-refractivity contribution < 1.29 is 8.42 Å². The Kier molecular flexibility index (Phi) is 3.67. The van der Waals surface area contributed by atoms with Crippen LogP contribution in [0.1, 0.15) is 18.4 Å². The van der Waals surface area contributed by atoms with Crippen LogP contribution in [0.25, 0.3) is 0 Å². The van der Waals surface area contributed by atoms with Gasteiger partial charge in [0.1, 0.15) is 0 Å². The number of nitrogens with two attached hydrogens (primary N) is 1. The van der Waals surface area contributed by atoms with Gasteiger partial charge in [-0.25, -0.2) is 8.42 Å². The average Bonchev–Trinajstić information content (AvgIpc) is 3.06. The highest BCUT2D eigenvalue weighted by molar-refractivity contribution is 7.92. The van der Waals surface area contributed by atoms with Crippen LogP contribution >= 0.6 is 23.8 Å². The van der Waals surface area contributed by atoms with E-state index < -0.39 is 15.1 Å². The normalized spacial score (nSPS) is 26.9. The molecule has 1 aliphatic carbocycles. The summed E-state index contributed by atoms with van der Waals surface area (Å²) in [5.74, 6) is -0.253. The van der Waals surface area contributed by atoms with E-state index in [1.165, 1.54) is 0 Å². The topological polar surface area (TPSA) is 60.2 Å². The van der Waals surface area contributed by atoms with E-state index in [0.717, 1.165) is 5.56 Å². The summed E-state index contributed by atoms with van der Waals surface area (Å²) < 4.78 is 24.0. The van der Waals surface area contributed by atoms with Gasteiger partial charge in [-0.2, -0.15) is 0 Å². The Morgan fingerprint density at radius 1 is 1.39 bits per heavy atom. The fourth-order valence-corrected chi connectivity index (χ4v) is 4.68. The van der Waals surface area contributed by atoms with E-state index in [9.17, 15) is 8.42 Å². The quantitative estimate of drug-likeness (QED) is 0.866.